The van der Waals surface area contributed by atoms with E-state index < -0.39 is 48.0 Å². The first kappa shape index (κ1) is 54.8. The number of rotatable bonds is 25. The Kier molecular flexibility index (Phi) is 19.6. The van der Waals surface area contributed by atoms with Gasteiger partial charge < -0.3 is 52.9 Å². The van der Waals surface area contributed by atoms with Crippen LogP contribution in [0.1, 0.15) is 86.8 Å². The van der Waals surface area contributed by atoms with Gasteiger partial charge >= 0.3 is 12.2 Å². The summed E-state index contributed by atoms with van der Waals surface area (Å²) in [6.07, 6.45) is 8.30. The molecule has 1 saturated carbocycles. The topological polar surface area (TPSA) is 185 Å². The van der Waals surface area contributed by atoms with Gasteiger partial charge in [-0.2, -0.15) is 0 Å². The lowest BCUT2D eigenvalue weighted by Crippen LogP contribution is -2.70. The van der Waals surface area contributed by atoms with Gasteiger partial charge in [-0.05, 0) is 110 Å². The molecule has 7 atom stereocenters. The zero-order valence-corrected chi connectivity index (χ0v) is 42.9. The summed E-state index contributed by atoms with van der Waals surface area (Å²) in [7, 11) is 3.03. The van der Waals surface area contributed by atoms with Crippen molar-refractivity contribution < 1.29 is 66.9 Å². The number of carbonyl (C=O) groups is 2. The van der Waals surface area contributed by atoms with Crippen LogP contribution in [-0.2, 0) is 36.9 Å². The molecule has 8 rings (SSSR count). The SMILES string of the molecule is C=CCOC12Oc3ccc(OC(=O)Nc4ccc(OC)cc4OC)cc3C3C(CCCCO)C(CCCCO)C=C(C(=NOC4CCCCO4)CC1N(Cc1ccc(F)cc1)C(=O)OCCOCc1ccccc1)C32. The van der Waals surface area contributed by atoms with Crippen molar-refractivity contribution in [3.8, 4) is 23.0 Å². The third-order valence-corrected chi connectivity index (χ3v) is 14.4. The quantitative estimate of drug-likeness (QED) is 0.0324. The van der Waals surface area contributed by atoms with Gasteiger partial charge in [-0.15, -0.1) is 6.58 Å². The molecule has 16 nitrogen and oxygen atoms in total. The van der Waals surface area contributed by atoms with Crippen LogP contribution in [0.15, 0.2) is 120 Å². The number of hydrogen-bond acceptors (Lipinski definition) is 14. The number of unbranched alkanes of at least 4 members (excludes halogenated alkanes) is 2. The molecule has 3 N–H and O–H groups in total. The van der Waals surface area contributed by atoms with E-state index in [9.17, 15) is 19.4 Å². The van der Waals surface area contributed by atoms with E-state index in [0.29, 0.717) is 85.9 Å². The first-order chi connectivity index (χ1) is 36.7. The molecule has 4 aliphatic rings. The fourth-order valence-electron chi connectivity index (χ4n) is 10.9. The van der Waals surface area contributed by atoms with Crippen molar-refractivity contribution in [2.45, 2.75) is 101 Å². The predicted molar refractivity (Wildman–Crippen MR) is 278 cm³/mol. The van der Waals surface area contributed by atoms with Gasteiger partial charge in [0, 0.05) is 50.1 Å². The van der Waals surface area contributed by atoms with Gasteiger partial charge in [0.1, 0.15) is 41.5 Å². The Balaban J connectivity index is 1.26. The number of methoxy groups -OCH3 is 2. The van der Waals surface area contributed by atoms with Gasteiger partial charge in [0.15, 0.2) is 0 Å². The Morgan fingerprint density at radius 2 is 1.69 bits per heavy atom. The molecule has 17 heteroatoms. The molecule has 2 aliphatic carbocycles. The summed E-state index contributed by atoms with van der Waals surface area (Å²) in [5.74, 6) is -1.85. The Morgan fingerprint density at radius 3 is 2.43 bits per heavy atom. The molecule has 402 valence electrons. The average Bonchev–Trinajstić information content (AvgIpc) is 3.46. The van der Waals surface area contributed by atoms with E-state index >= 15 is 4.79 Å². The maximum Gasteiger partial charge on any atom is 0.417 e. The average molecular weight is 1040 g/mol. The molecular formula is C58H70FN3O13. The number of nitrogens with zero attached hydrogens (tertiary/aromatic N) is 2. The molecule has 75 heavy (non-hydrogen) atoms. The van der Waals surface area contributed by atoms with Crippen LogP contribution in [-0.4, -0.2) is 105 Å². The number of ether oxygens (including phenoxy) is 8. The first-order valence-electron chi connectivity index (χ1n) is 26.0. The Labute approximate surface area is 438 Å². The number of hydrogen-bond donors (Lipinski definition) is 3. The highest BCUT2D eigenvalue weighted by Gasteiger charge is 2.66. The summed E-state index contributed by atoms with van der Waals surface area (Å²) in [5, 5.41) is 27.9. The number of carbonyl (C=O) groups excluding carboxylic acids is 2. The second-order valence-electron chi connectivity index (χ2n) is 19.2. The Hall–Kier alpha value is -6.50. The third kappa shape index (κ3) is 13.5. The highest BCUT2D eigenvalue weighted by Crippen LogP contribution is 2.62. The summed E-state index contributed by atoms with van der Waals surface area (Å²) >= 11 is 0. The maximum absolute atomic E-state index is 15.1. The molecule has 2 heterocycles. The van der Waals surface area contributed by atoms with E-state index in [2.05, 4.69) is 18.0 Å². The van der Waals surface area contributed by atoms with E-state index in [1.807, 2.05) is 36.4 Å². The van der Waals surface area contributed by atoms with Crippen molar-refractivity contribution >= 4 is 23.6 Å². The molecule has 0 spiro atoms. The zero-order chi connectivity index (χ0) is 52.6. The van der Waals surface area contributed by atoms with Crippen molar-refractivity contribution in [3.63, 3.8) is 0 Å². The molecule has 0 aromatic heterocycles. The monoisotopic (exact) mass is 1040 g/mol. The Bertz CT molecular complexity index is 2570. The van der Waals surface area contributed by atoms with Crippen molar-refractivity contribution in [2.75, 3.05) is 59.2 Å². The third-order valence-electron chi connectivity index (χ3n) is 14.4. The predicted octanol–water partition coefficient (Wildman–Crippen LogP) is 10.5. The van der Waals surface area contributed by atoms with Crippen molar-refractivity contribution in [1.29, 1.82) is 0 Å². The van der Waals surface area contributed by atoms with Crippen molar-refractivity contribution in [1.82, 2.24) is 4.90 Å². The maximum atomic E-state index is 15.1. The molecule has 7 unspecified atom stereocenters. The lowest BCUT2D eigenvalue weighted by molar-refractivity contribution is -0.256. The fraction of sp³-hybridized carbons (Fsp3) is 0.466. The second-order valence-corrected chi connectivity index (χ2v) is 19.2. The number of benzene rings is 4. The fourth-order valence-corrected chi connectivity index (χ4v) is 10.9. The number of halogens is 1. The summed E-state index contributed by atoms with van der Waals surface area (Å²) in [5.41, 5.74) is 4.05. The minimum Gasteiger partial charge on any atom is -0.497 e. The van der Waals surface area contributed by atoms with E-state index in [1.54, 1.807) is 53.4 Å². The van der Waals surface area contributed by atoms with Crippen LogP contribution in [0.5, 0.6) is 23.0 Å². The molecule has 2 aliphatic heterocycles. The van der Waals surface area contributed by atoms with Gasteiger partial charge in [0.05, 0.1) is 58.0 Å². The highest BCUT2D eigenvalue weighted by molar-refractivity contribution is 6.03. The van der Waals surface area contributed by atoms with Crippen LogP contribution in [0.4, 0.5) is 19.7 Å². The number of oxime groups is 1. The van der Waals surface area contributed by atoms with Crippen LogP contribution in [0.25, 0.3) is 0 Å². The van der Waals surface area contributed by atoms with E-state index in [0.717, 1.165) is 36.0 Å². The van der Waals surface area contributed by atoms with Crippen LogP contribution >= 0.6 is 0 Å². The number of aliphatic hydroxyl groups excluding tert-OH is 2. The highest BCUT2D eigenvalue weighted by atomic mass is 19.1. The second kappa shape index (κ2) is 26.8. The lowest BCUT2D eigenvalue weighted by Gasteiger charge is -2.59. The van der Waals surface area contributed by atoms with Gasteiger partial charge in [-0.1, -0.05) is 72.6 Å². The van der Waals surface area contributed by atoms with E-state index in [-0.39, 0.29) is 63.6 Å². The summed E-state index contributed by atoms with van der Waals surface area (Å²) in [4.78, 5) is 36.7. The summed E-state index contributed by atoms with van der Waals surface area (Å²) < 4.78 is 64.0. The van der Waals surface area contributed by atoms with E-state index in [1.165, 1.54) is 26.4 Å². The molecule has 2 fully saturated rings. The van der Waals surface area contributed by atoms with Gasteiger partial charge in [0.25, 0.3) is 0 Å². The van der Waals surface area contributed by atoms with Gasteiger partial charge in [-0.3, -0.25) is 10.2 Å². The summed E-state index contributed by atoms with van der Waals surface area (Å²) in [6, 6.07) is 24.9. The van der Waals surface area contributed by atoms with Crippen LogP contribution < -0.4 is 24.3 Å². The largest absolute Gasteiger partial charge is 0.497 e. The molecule has 1 saturated heterocycles. The number of allylic oxidation sites excluding steroid dienone is 1. The number of anilines is 1. The standard InChI is InChI=1S/C58H70FN3O13/c1-4-29-72-58-52(62(37-39-19-21-42(59)22-20-39)57(66)71-32-31-69-38-40-14-6-5-7-15-40)36-49(61-75-53-18-10-13-30-70-53)46-33-41(16-8-11-27-63)45(17-9-12-28-64)54(55(46)58)47-34-44(24-26-50(47)74-58)73-56(65)60-48-25-23-43(67-2)35-51(48)68-3/h4-7,14-15,19-26,33-35,41,45,52-55,63-64H,1,8-13,16-18,27-32,36-38H2,2-3H3,(H,60,65). The summed E-state index contributed by atoms with van der Waals surface area (Å²) in [6.45, 7) is 4.94. The molecule has 2 amide bonds. The van der Waals surface area contributed by atoms with Crippen LogP contribution in [0.3, 0.4) is 0 Å². The molecular weight excluding hydrogens is 966 g/mol. The number of fused-ring (bicyclic) bond motifs is 2. The minimum atomic E-state index is -1.66. The number of aliphatic hydroxyl groups is 2. The van der Waals surface area contributed by atoms with Crippen LogP contribution in [0.2, 0.25) is 0 Å². The van der Waals surface area contributed by atoms with E-state index in [4.69, 9.17) is 47.9 Å². The normalized spacial score (nSPS) is 23.1. The van der Waals surface area contributed by atoms with Gasteiger partial charge in [0.2, 0.25) is 12.1 Å². The Morgan fingerprint density at radius 1 is 0.907 bits per heavy atom. The number of nitrogens with one attached hydrogen (secondary N) is 1. The molecule has 0 radical (unpaired) electrons. The van der Waals surface area contributed by atoms with Crippen molar-refractivity contribution in [2.24, 2.45) is 22.9 Å². The zero-order valence-electron chi connectivity index (χ0n) is 42.9. The molecule has 0 bridgehead atoms. The smallest absolute Gasteiger partial charge is 0.417 e. The molecule has 4 aromatic rings. The lowest BCUT2D eigenvalue weighted by atomic mass is 9.55. The van der Waals surface area contributed by atoms with Crippen molar-refractivity contribution in [3.05, 3.63) is 138 Å². The van der Waals surface area contributed by atoms with Crippen LogP contribution in [0, 0.1) is 23.6 Å². The van der Waals surface area contributed by atoms with Gasteiger partial charge in [-0.25, -0.2) is 14.0 Å². The molecule has 4 aromatic carbocycles. The number of amides is 2. The minimum absolute atomic E-state index is 0.00640. The first-order valence-corrected chi connectivity index (χ1v) is 26.0.